The van der Waals surface area contributed by atoms with E-state index in [1.54, 1.807) is 24.4 Å². The number of para-hydroxylation sites is 1. The molecule has 0 radical (unpaired) electrons. The van der Waals surface area contributed by atoms with Crippen LogP contribution in [-0.4, -0.2) is 39.8 Å². The first-order valence-corrected chi connectivity index (χ1v) is 13.3. The number of amides is 2. The predicted octanol–water partition coefficient (Wildman–Crippen LogP) is 5.33. The molecule has 0 bridgehead atoms. The fraction of sp³-hybridized carbons (Fsp3) is 0.323. The van der Waals surface area contributed by atoms with Crippen molar-refractivity contribution in [2.45, 2.75) is 57.2 Å². The first-order chi connectivity index (χ1) is 18.6. The molecule has 1 fully saturated rings. The maximum absolute atomic E-state index is 14.1. The molecule has 4 aromatic rings. The van der Waals surface area contributed by atoms with E-state index >= 15 is 0 Å². The maximum Gasteiger partial charge on any atom is 0.247 e. The van der Waals surface area contributed by atoms with Gasteiger partial charge in [-0.05, 0) is 59.9 Å². The van der Waals surface area contributed by atoms with Gasteiger partial charge < -0.3 is 19.9 Å². The number of aromatic amines is 1. The molecule has 1 aliphatic carbocycles. The Balaban J connectivity index is 1.51. The normalized spacial score (nSPS) is 14.7. The quantitative estimate of drug-likeness (QED) is 0.319. The molecular formula is C31H34N4O3. The van der Waals surface area contributed by atoms with Crippen molar-refractivity contribution in [2.24, 2.45) is 0 Å². The lowest BCUT2D eigenvalue weighted by Gasteiger charge is -2.33. The van der Waals surface area contributed by atoms with Crippen LogP contribution in [-0.2, 0) is 22.6 Å². The summed E-state index contributed by atoms with van der Waals surface area (Å²) < 4.78 is 5.43. The number of carbonyl (C=O) groups excluding carboxylic acids is 2. The molecule has 196 valence electrons. The van der Waals surface area contributed by atoms with Crippen molar-refractivity contribution in [3.63, 3.8) is 0 Å². The van der Waals surface area contributed by atoms with Crippen LogP contribution in [0.3, 0.4) is 0 Å². The Hall–Kier alpha value is -4.13. The minimum Gasteiger partial charge on any atom is -0.497 e. The molecule has 7 nitrogen and oxygen atoms in total. The number of aromatic nitrogens is 2. The van der Waals surface area contributed by atoms with Gasteiger partial charge in [-0.2, -0.15) is 0 Å². The molecule has 0 aliphatic heterocycles. The van der Waals surface area contributed by atoms with Gasteiger partial charge in [0.15, 0.2) is 0 Å². The lowest BCUT2D eigenvalue weighted by molar-refractivity contribution is -0.141. The fourth-order valence-electron chi connectivity index (χ4n) is 5.38. The number of benzene rings is 2. The van der Waals surface area contributed by atoms with Gasteiger partial charge in [0, 0.05) is 42.1 Å². The van der Waals surface area contributed by atoms with Crippen molar-refractivity contribution >= 4 is 22.7 Å². The second-order valence-electron chi connectivity index (χ2n) is 9.94. The van der Waals surface area contributed by atoms with Gasteiger partial charge in [-0.1, -0.05) is 49.6 Å². The molecule has 1 saturated carbocycles. The molecule has 0 saturated heterocycles. The van der Waals surface area contributed by atoms with Crippen molar-refractivity contribution in [1.29, 1.82) is 0 Å². The zero-order valence-corrected chi connectivity index (χ0v) is 21.7. The van der Waals surface area contributed by atoms with Crippen molar-refractivity contribution in [3.8, 4) is 5.75 Å². The van der Waals surface area contributed by atoms with Crippen LogP contribution in [0.1, 0.15) is 54.8 Å². The van der Waals surface area contributed by atoms with Crippen LogP contribution in [0, 0.1) is 0 Å². The Kier molecular flexibility index (Phi) is 8.02. The van der Waals surface area contributed by atoms with Gasteiger partial charge in [0.05, 0.1) is 13.5 Å². The second-order valence-corrected chi connectivity index (χ2v) is 9.94. The minimum atomic E-state index is -0.788. The van der Waals surface area contributed by atoms with E-state index in [-0.39, 0.29) is 30.8 Å². The summed E-state index contributed by atoms with van der Waals surface area (Å²) in [6.07, 6.45) is 10.7. The van der Waals surface area contributed by atoms with Crippen molar-refractivity contribution in [2.75, 3.05) is 7.11 Å². The molecule has 5 rings (SSSR count). The number of pyridine rings is 1. The Morgan fingerprint density at radius 1 is 1.05 bits per heavy atom. The summed E-state index contributed by atoms with van der Waals surface area (Å²) in [4.78, 5) is 37.2. The van der Waals surface area contributed by atoms with Gasteiger partial charge in [0.25, 0.3) is 0 Å². The van der Waals surface area contributed by atoms with Crippen molar-refractivity contribution < 1.29 is 14.3 Å². The van der Waals surface area contributed by atoms with Crippen LogP contribution < -0.4 is 10.1 Å². The van der Waals surface area contributed by atoms with E-state index in [1.165, 1.54) is 6.42 Å². The number of carbonyl (C=O) groups is 2. The number of methoxy groups -OCH3 is 1. The number of nitrogens with one attached hydrogen (secondary N) is 2. The Morgan fingerprint density at radius 3 is 2.63 bits per heavy atom. The van der Waals surface area contributed by atoms with Gasteiger partial charge in [-0.25, -0.2) is 0 Å². The molecule has 1 atom stereocenters. The highest BCUT2D eigenvalue weighted by atomic mass is 16.5. The van der Waals surface area contributed by atoms with E-state index in [1.807, 2.05) is 66.9 Å². The summed E-state index contributed by atoms with van der Waals surface area (Å²) in [7, 11) is 1.62. The third kappa shape index (κ3) is 5.88. The Labute approximate surface area is 223 Å². The van der Waals surface area contributed by atoms with Crippen LogP contribution in [0.15, 0.2) is 79.3 Å². The maximum atomic E-state index is 14.1. The molecule has 2 amide bonds. The number of H-pyrrole nitrogens is 1. The van der Waals surface area contributed by atoms with Gasteiger partial charge in [0.2, 0.25) is 11.8 Å². The van der Waals surface area contributed by atoms with Crippen LogP contribution in [0.25, 0.3) is 10.9 Å². The van der Waals surface area contributed by atoms with E-state index < -0.39 is 6.04 Å². The molecule has 2 aromatic heterocycles. The number of hydrogen-bond donors (Lipinski definition) is 2. The van der Waals surface area contributed by atoms with Gasteiger partial charge in [0.1, 0.15) is 11.8 Å². The number of hydrogen-bond acceptors (Lipinski definition) is 4. The highest BCUT2D eigenvalue weighted by Crippen LogP contribution is 2.28. The van der Waals surface area contributed by atoms with Crippen LogP contribution >= 0.6 is 0 Å². The predicted molar refractivity (Wildman–Crippen MR) is 148 cm³/mol. The zero-order chi connectivity index (χ0) is 26.3. The molecule has 38 heavy (non-hydrogen) atoms. The van der Waals surface area contributed by atoms with Crippen LogP contribution in [0.5, 0.6) is 5.75 Å². The summed E-state index contributed by atoms with van der Waals surface area (Å²) in [5.41, 5.74) is 3.52. The molecule has 7 heteroatoms. The number of fused-ring (bicyclic) bond motifs is 1. The monoisotopic (exact) mass is 510 g/mol. The second kappa shape index (κ2) is 11.9. The number of ether oxygens (including phenoxy) is 1. The third-order valence-electron chi connectivity index (χ3n) is 7.36. The summed E-state index contributed by atoms with van der Waals surface area (Å²) in [5.74, 6) is 0.426. The largest absolute Gasteiger partial charge is 0.497 e. The van der Waals surface area contributed by atoms with Crippen LogP contribution in [0.2, 0.25) is 0 Å². The van der Waals surface area contributed by atoms with Gasteiger partial charge in [-0.3, -0.25) is 14.6 Å². The number of nitrogens with zero attached hydrogens (tertiary/aromatic N) is 2. The van der Waals surface area contributed by atoms with Crippen molar-refractivity contribution in [3.05, 3.63) is 95.9 Å². The highest BCUT2D eigenvalue weighted by molar-refractivity contribution is 5.92. The lowest BCUT2D eigenvalue weighted by atomic mass is 9.94. The van der Waals surface area contributed by atoms with E-state index in [9.17, 15) is 9.59 Å². The molecule has 0 unspecified atom stereocenters. The van der Waals surface area contributed by atoms with E-state index in [2.05, 4.69) is 15.3 Å². The molecule has 2 N–H and O–H groups in total. The van der Waals surface area contributed by atoms with E-state index in [0.29, 0.717) is 5.75 Å². The summed E-state index contributed by atoms with van der Waals surface area (Å²) in [5, 5.41) is 4.27. The standard InChI is InChI=1S/C31H34N4O3/c1-38-26-11-7-8-22(18-26)21-35(29(36)19-24-20-33-28-13-6-5-12-27(24)28)30(23-14-16-32-17-15-23)31(37)34-25-9-3-2-4-10-25/h5-8,11-18,20,25,30,33H,2-4,9-10,19,21H2,1H3,(H,34,37)/t30-/m1/s1. The zero-order valence-electron chi connectivity index (χ0n) is 21.7. The molecule has 2 aromatic carbocycles. The first kappa shape index (κ1) is 25.5. The third-order valence-corrected chi connectivity index (χ3v) is 7.36. The average Bonchev–Trinajstić information content (AvgIpc) is 3.36. The van der Waals surface area contributed by atoms with Crippen LogP contribution in [0.4, 0.5) is 0 Å². The topological polar surface area (TPSA) is 87.3 Å². The summed E-state index contributed by atoms with van der Waals surface area (Å²) in [6, 6.07) is 18.6. The SMILES string of the molecule is COc1cccc(CN(C(=O)Cc2c[nH]c3ccccc23)[C@@H](C(=O)NC2CCCCC2)c2ccncc2)c1. The highest BCUT2D eigenvalue weighted by Gasteiger charge is 2.33. The summed E-state index contributed by atoms with van der Waals surface area (Å²) >= 11 is 0. The van der Waals surface area contributed by atoms with Gasteiger partial charge in [-0.15, -0.1) is 0 Å². The smallest absolute Gasteiger partial charge is 0.247 e. The Bertz CT molecular complexity index is 1380. The average molecular weight is 511 g/mol. The summed E-state index contributed by atoms with van der Waals surface area (Å²) in [6.45, 7) is 0.267. The van der Waals surface area contributed by atoms with Crippen molar-refractivity contribution in [1.82, 2.24) is 20.2 Å². The molecule has 0 spiro atoms. The fourth-order valence-corrected chi connectivity index (χ4v) is 5.38. The molecule has 2 heterocycles. The lowest BCUT2D eigenvalue weighted by Crippen LogP contribution is -2.47. The van der Waals surface area contributed by atoms with E-state index in [0.717, 1.165) is 53.3 Å². The minimum absolute atomic E-state index is 0.127. The van der Waals surface area contributed by atoms with Gasteiger partial charge >= 0.3 is 0 Å². The molecular weight excluding hydrogens is 476 g/mol. The Morgan fingerprint density at radius 2 is 1.84 bits per heavy atom. The molecule has 1 aliphatic rings. The van der Waals surface area contributed by atoms with E-state index in [4.69, 9.17) is 4.74 Å². The first-order valence-electron chi connectivity index (χ1n) is 13.3. The number of rotatable bonds is 9.